The van der Waals surface area contributed by atoms with Crippen molar-refractivity contribution in [1.82, 2.24) is 0 Å². The van der Waals surface area contributed by atoms with Gasteiger partial charge < -0.3 is 14.3 Å². The second-order valence-electron chi connectivity index (χ2n) is 6.79. The summed E-state index contributed by atoms with van der Waals surface area (Å²) in [5.41, 5.74) is 1.18. The predicted molar refractivity (Wildman–Crippen MR) is 105 cm³/mol. The summed E-state index contributed by atoms with van der Waals surface area (Å²) >= 11 is 0. The van der Waals surface area contributed by atoms with E-state index in [1.54, 1.807) is 25.1 Å². The van der Waals surface area contributed by atoms with Crippen LogP contribution in [0.2, 0.25) is 0 Å². The molecule has 2 amide bonds. The van der Waals surface area contributed by atoms with Crippen molar-refractivity contribution in [3.63, 3.8) is 0 Å². The van der Waals surface area contributed by atoms with E-state index in [4.69, 9.17) is 14.3 Å². The van der Waals surface area contributed by atoms with E-state index in [0.29, 0.717) is 22.6 Å². The van der Waals surface area contributed by atoms with Crippen molar-refractivity contribution in [1.29, 1.82) is 0 Å². The Kier molecular flexibility index (Phi) is 4.61. The summed E-state index contributed by atoms with van der Waals surface area (Å²) < 4.78 is 10.5. The molecule has 0 spiro atoms. The number of methoxy groups -OCH3 is 2. The van der Waals surface area contributed by atoms with Gasteiger partial charge in [-0.25, -0.2) is 4.90 Å². The molecule has 0 saturated carbocycles. The van der Waals surface area contributed by atoms with Crippen molar-refractivity contribution < 1.29 is 28.8 Å². The number of carbonyl (C=O) groups excluding carboxylic acids is 2. The van der Waals surface area contributed by atoms with E-state index in [2.05, 4.69) is 5.16 Å². The number of anilines is 1. The van der Waals surface area contributed by atoms with Gasteiger partial charge >= 0.3 is 0 Å². The Bertz CT molecular complexity index is 1110. The molecular weight excluding hydrogens is 394 g/mol. The van der Waals surface area contributed by atoms with Crippen LogP contribution in [0.5, 0.6) is 11.5 Å². The molecule has 10 nitrogen and oxygen atoms in total. The van der Waals surface area contributed by atoms with E-state index in [9.17, 15) is 19.7 Å². The summed E-state index contributed by atoms with van der Waals surface area (Å²) in [6, 6.07) is 9.17. The van der Waals surface area contributed by atoms with Crippen LogP contribution in [0.15, 0.2) is 41.6 Å². The second-order valence-corrected chi connectivity index (χ2v) is 6.79. The van der Waals surface area contributed by atoms with Crippen LogP contribution in [-0.2, 0) is 14.4 Å². The van der Waals surface area contributed by atoms with Crippen LogP contribution >= 0.6 is 0 Å². The van der Waals surface area contributed by atoms with Gasteiger partial charge in [-0.2, -0.15) is 0 Å². The van der Waals surface area contributed by atoms with Crippen LogP contribution in [0.1, 0.15) is 11.1 Å². The summed E-state index contributed by atoms with van der Waals surface area (Å²) in [5.74, 6) is -1.21. The van der Waals surface area contributed by atoms with Gasteiger partial charge in [0.05, 0.1) is 24.8 Å². The van der Waals surface area contributed by atoms with Crippen LogP contribution < -0.4 is 14.4 Å². The van der Waals surface area contributed by atoms with Crippen molar-refractivity contribution in [3.8, 4) is 11.5 Å². The molecule has 30 heavy (non-hydrogen) atoms. The minimum atomic E-state index is -1.12. The van der Waals surface area contributed by atoms with Gasteiger partial charge in [0.15, 0.2) is 11.5 Å². The van der Waals surface area contributed by atoms with E-state index in [-0.39, 0.29) is 17.1 Å². The molecule has 0 bridgehead atoms. The molecular formula is C20H17N3O7. The lowest BCUT2D eigenvalue weighted by atomic mass is 9.94. The highest BCUT2D eigenvalue weighted by Gasteiger charge is 2.56. The van der Waals surface area contributed by atoms with Crippen molar-refractivity contribution in [2.75, 3.05) is 19.1 Å². The molecule has 2 atom stereocenters. The first-order chi connectivity index (χ1) is 14.4. The Morgan fingerprint density at radius 1 is 1.07 bits per heavy atom. The number of oxime groups is 1. The number of imide groups is 1. The van der Waals surface area contributed by atoms with Crippen molar-refractivity contribution >= 4 is 28.9 Å². The number of nitrogens with zero attached hydrogens (tertiary/aromatic N) is 3. The van der Waals surface area contributed by atoms with Gasteiger partial charge in [0.1, 0.15) is 11.6 Å². The number of amides is 2. The number of ether oxygens (including phenoxy) is 2. The second kappa shape index (κ2) is 7.14. The molecule has 2 aliphatic heterocycles. The highest BCUT2D eigenvalue weighted by atomic mass is 16.7. The van der Waals surface area contributed by atoms with Crippen LogP contribution in [-0.4, -0.2) is 42.8 Å². The summed E-state index contributed by atoms with van der Waals surface area (Å²) in [4.78, 5) is 42.9. The van der Waals surface area contributed by atoms with Gasteiger partial charge in [-0.3, -0.25) is 19.7 Å². The van der Waals surface area contributed by atoms with E-state index < -0.39 is 28.8 Å². The molecule has 2 aromatic rings. The number of nitro groups is 1. The molecule has 1 saturated heterocycles. The number of aryl methyl sites for hydroxylation is 1. The van der Waals surface area contributed by atoms with Crippen molar-refractivity contribution in [3.05, 3.63) is 57.6 Å². The highest BCUT2D eigenvalue weighted by molar-refractivity contribution is 6.32. The minimum absolute atomic E-state index is 0.118. The molecule has 0 radical (unpaired) electrons. The van der Waals surface area contributed by atoms with E-state index in [1.165, 1.54) is 32.4 Å². The Hall–Kier alpha value is -3.95. The average Bonchev–Trinajstić information content (AvgIpc) is 3.28. The first-order valence-electron chi connectivity index (χ1n) is 8.96. The number of rotatable bonds is 5. The zero-order valence-electron chi connectivity index (χ0n) is 16.3. The van der Waals surface area contributed by atoms with E-state index in [1.807, 2.05) is 0 Å². The number of hydrogen-bond acceptors (Lipinski definition) is 8. The minimum Gasteiger partial charge on any atom is -0.493 e. The molecule has 10 heteroatoms. The molecule has 2 aromatic carbocycles. The fraction of sp³-hybridized carbons (Fsp3) is 0.250. The smallest absolute Gasteiger partial charge is 0.278 e. The molecule has 0 aliphatic carbocycles. The summed E-state index contributed by atoms with van der Waals surface area (Å²) in [5, 5.41) is 15.2. The van der Waals surface area contributed by atoms with Crippen molar-refractivity contribution in [2.24, 2.45) is 11.1 Å². The van der Waals surface area contributed by atoms with Crippen LogP contribution in [0.4, 0.5) is 11.4 Å². The number of fused-ring (bicyclic) bond motifs is 1. The van der Waals surface area contributed by atoms with Gasteiger partial charge in [-0.05, 0) is 31.2 Å². The average molecular weight is 411 g/mol. The van der Waals surface area contributed by atoms with Crippen molar-refractivity contribution in [2.45, 2.75) is 13.0 Å². The maximum Gasteiger partial charge on any atom is 0.278 e. The first kappa shape index (κ1) is 19.4. The highest BCUT2D eigenvalue weighted by Crippen LogP contribution is 2.38. The fourth-order valence-corrected chi connectivity index (χ4v) is 3.60. The van der Waals surface area contributed by atoms with E-state index >= 15 is 0 Å². The zero-order valence-corrected chi connectivity index (χ0v) is 16.3. The molecule has 4 rings (SSSR count). The Morgan fingerprint density at radius 2 is 1.80 bits per heavy atom. The van der Waals surface area contributed by atoms with Crippen LogP contribution in [0, 0.1) is 23.0 Å². The topological polar surface area (TPSA) is 121 Å². The summed E-state index contributed by atoms with van der Waals surface area (Å²) in [6.07, 6.45) is -1.12. The van der Waals surface area contributed by atoms with Gasteiger partial charge in [0.2, 0.25) is 12.0 Å². The molecule has 2 aliphatic rings. The van der Waals surface area contributed by atoms with Crippen LogP contribution in [0.25, 0.3) is 0 Å². The molecule has 0 N–H and O–H groups in total. The Morgan fingerprint density at radius 3 is 2.47 bits per heavy atom. The molecule has 2 heterocycles. The maximum atomic E-state index is 13.1. The lowest BCUT2D eigenvalue weighted by Crippen LogP contribution is -2.33. The maximum absolute atomic E-state index is 13.1. The third-order valence-electron chi connectivity index (χ3n) is 5.14. The SMILES string of the molecule is COc1ccc(C2=NO[C@@H]3C(=O)N(c4ccc(C)c([N+](=O)[O-])c4)C(=O)[C@H]23)cc1OC. The largest absolute Gasteiger partial charge is 0.493 e. The first-order valence-corrected chi connectivity index (χ1v) is 8.96. The number of carbonyl (C=O) groups is 2. The third-order valence-corrected chi connectivity index (χ3v) is 5.14. The van der Waals surface area contributed by atoms with Gasteiger partial charge in [-0.1, -0.05) is 11.2 Å². The molecule has 0 unspecified atom stereocenters. The third kappa shape index (κ3) is 2.84. The summed E-state index contributed by atoms with van der Waals surface area (Å²) in [6.45, 7) is 1.58. The molecule has 154 valence electrons. The van der Waals surface area contributed by atoms with E-state index in [0.717, 1.165) is 4.90 Å². The lowest BCUT2D eigenvalue weighted by Gasteiger charge is -2.16. The summed E-state index contributed by atoms with van der Waals surface area (Å²) in [7, 11) is 2.98. The number of benzene rings is 2. The number of hydrogen-bond donors (Lipinski definition) is 0. The van der Waals surface area contributed by atoms with Gasteiger partial charge in [0, 0.05) is 17.2 Å². The predicted octanol–water partition coefficient (Wildman–Crippen LogP) is 2.21. The zero-order chi connectivity index (χ0) is 21.6. The van der Waals surface area contributed by atoms with Gasteiger partial charge in [-0.15, -0.1) is 0 Å². The Labute approximate surface area is 170 Å². The monoisotopic (exact) mass is 411 g/mol. The van der Waals surface area contributed by atoms with Crippen LogP contribution in [0.3, 0.4) is 0 Å². The fourth-order valence-electron chi connectivity index (χ4n) is 3.60. The molecule has 0 aromatic heterocycles. The number of nitro benzene ring substituents is 1. The quantitative estimate of drug-likeness (QED) is 0.420. The molecule has 1 fully saturated rings. The standard InChI is InChI=1S/C20H17N3O7/c1-10-4-6-12(9-13(10)23(26)27)22-19(24)16-17(21-30-18(16)20(22)25)11-5-7-14(28-2)15(8-11)29-3/h4-9,16,18H,1-3H3/t16-,18+/m1/s1. The normalized spacial score (nSPS) is 20.0. The lowest BCUT2D eigenvalue weighted by molar-refractivity contribution is -0.385. The van der Waals surface area contributed by atoms with Gasteiger partial charge in [0.25, 0.3) is 11.6 Å². The Balaban J connectivity index is 1.70.